The number of amides is 2. The molecule has 2 atom stereocenters. The summed E-state index contributed by atoms with van der Waals surface area (Å²) >= 11 is 0. The van der Waals surface area contributed by atoms with Crippen LogP contribution in [0.3, 0.4) is 0 Å². The van der Waals surface area contributed by atoms with Crippen molar-refractivity contribution in [2.45, 2.75) is 51.6 Å². The summed E-state index contributed by atoms with van der Waals surface area (Å²) in [4.78, 5) is 35.6. The average Bonchev–Trinajstić information content (AvgIpc) is 2.97. The number of nitrogens with one attached hydrogen (secondary N) is 2. The van der Waals surface area contributed by atoms with E-state index in [9.17, 15) is 19.8 Å². The van der Waals surface area contributed by atoms with Gasteiger partial charge in [-0.3, -0.25) is 19.6 Å². The lowest BCUT2D eigenvalue weighted by molar-refractivity contribution is 0.0859. The normalized spacial score (nSPS) is 16.8. The number of carbonyl (C=O) groups is 2. The molecule has 1 saturated carbocycles. The van der Waals surface area contributed by atoms with Crippen LogP contribution in [0, 0.1) is 13.8 Å². The van der Waals surface area contributed by atoms with Gasteiger partial charge in [0.25, 0.3) is 11.8 Å². The molecule has 204 valence electrons. The zero-order chi connectivity index (χ0) is 28.2. The maximum Gasteiger partial charge on any atom is 0.255 e. The van der Waals surface area contributed by atoms with E-state index in [1.54, 1.807) is 50.5 Å². The predicted molar refractivity (Wildman–Crippen MR) is 153 cm³/mol. The van der Waals surface area contributed by atoms with Crippen LogP contribution < -0.4 is 10.6 Å². The first-order valence-electron chi connectivity index (χ1n) is 13.4. The molecule has 1 aliphatic rings. The van der Waals surface area contributed by atoms with Gasteiger partial charge in [-0.15, -0.1) is 0 Å². The van der Waals surface area contributed by atoms with Gasteiger partial charge >= 0.3 is 0 Å². The molecule has 2 amide bonds. The van der Waals surface area contributed by atoms with E-state index in [4.69, 9.17) is 0 Å². The molecule has 2 aromatic carbocycles. The van der Waals surface area contributed by atoms with Crippen LogP contribution in [0.1, 0.15) is 57.5 Å². The van der Waals surface area contributed by atoms with Crippen molar-refractivity contribution in [1.29, 1.82) is 0 Å². The molecule has 0 spiro atoms. The number of carbonyl (C=O) groups excluding carboxylic acids is 2. The van der Waals surface area contributed by atoms with Crippen LogP contribution in [0.25, 0.3) is 22.5 Å². The van der Waals surface area contributed by atoms with Gasteiger partial charge in [0.2, 0.25) is 0 Å². The van der Waals surface area contributed by atoms with Gasteiger partial charge in [-0.2, -0.15) is 0 Å². The van der Waals surface area contributed by atoms with Crippen LogP contribution in [0.4, 0.5) is 0 Å². The Morgan fingerprint density at radius 3 is 1.50 bits per heavy atom. The standard InChI is InChI=1S/C32H32N4O4/c1-19-15-21(25-9-5-7-13-33-25)17-23(29(19)37)31(39)35-27-11-3-4-12-28(27)36-32(40)24-18-22(16-20(2)30(24)38)26-10-6-8-14-34-26/h5-10,13-18,27-28,37-38H,3-4,11-12H2,1-2H3,(H,35,39)(H,36,40)/t27-,28-/m1/s1. The minimum Gasteiger partial charge on any atom is -0.507 e. The molecule has 40 heavy (non-hydrogen) atoms. The highest BCUT2D eigenvalue weighted by atomic mass is 16.3. The number of rotatable bonds is 6. The summed E-state index contributed by atoms with van der Waals surface area (Å²) < 4.78 is 0. The molecule has 0 radical (unpaired) electrons. The van der Waals surface area contributed by atoms with E-state index < -0.39 is 11.8 Å². The minimum absolute atomic E-state index is 0.0830. The first-order valence-corrected chi connectivity index (χ1v) is 13.4. The smallest absolute Gasteiger partial charge is 0.255 e. The Morgan fingerprint density at radius 2 is 1.12 bits per heavy atom. The van der Waals surface area contributed by atoms with Crippen molar-refractivity contribution in [3.8, 4) is 34.0 Å². The molecular formula is C32H32N4O4. The molecule has 4 N–H and O–H groups in total. The second kappa shape index (κ2) is 11.6. The fourth-order valence-electron chi connectivity index (χ4n) is 5.24. The average molecular weight is 537 g/mol. The maximum atomic E-state index is 13.4. The summed E-state index contributed by atoms with van der Waals surface area (Å²) in [7, 11) is 0. The van der Waals surface area contributed by atoms with Crippen molar-refractivity contribution in [1.82, 2.24) is 20.6 Å². The SMILES string of the molecule is Cc1cc(-c2ccccn2)cc(C(=O)N[C@@H]2CCCC[C@H]2NC(=O)c2cc(-c3ccccn3)cc(C)c2O)c1O. The highest BCUT2D eigenvalue weighted by molar-refractivity contribution is 6.00. The third-order valence-corrected chi connectivity index (χ3v) is 7.41. The predicted octanol–water partition coefficient (Wildman–Crippen LogP) is 5.31. The second-order valence-electron chi connectivity index (χ2n) is 10.3. The Labute approximate surface area is 233 Å². The number of aryl methyl sites for hydroxylation is 2. The lowest BCUT2D eigenvalue weighted by Crippen LogP contribution is -2.53. The number of pyridine rings is 2. The quantitative estimate of drug-likeness (QED) is 0.265. The van der Waals surface area contributed by atoms with E-state index in [-0.39, 0.29) is 34.7 Å². The van der Waals surface area contributed by atoms with Gasteiger partial charge in [0.15, 0.2) is 0 Å². The molecule has 5 rings (SSSR count). The van der Waals surface area contributed by atoms with Gasteiger partial charge in [-0.05, 0) is 86.3 Å². The first kappa shape index (κ1) is 26.9. The number of benzene rings is 2. The molecule has 0 aliphatic heterocycles. The molecule has 0 bridgehead atoms. The van der Waals surface area contributed by atoms with Crippen LogP contribution in [-0.2, 0) is 0 Å². The zero-order valence-corrected chi connectivity index (χ0v) is 22.5. The van der Waals surface area contributed by atoms with Crippen LogP contribution in [-0.4, -0.2) is 44.1 Å². The highest BCUT2D eigenvalue weighted by Gasteiger charge is 2.30. The molecule has 2 heterocycles. The Hall–Kier alpha value is -4.72. The van der Waals surface area contributed by atoms with Crippen molar-refractivity contribution in [2.75, 3.05) is 0 Å². The van der Waals surface area contributed by atoms with Crippen molar-refractivity contribution < 1.29 is 19.8 Å². The minimum atomic E-state index is -0.416. The molecule has 1 fully saturated rings. The molecule has 8 heteroatoms. The van der Waals surface area contributed by atoms with Gasteiger partial charge in [-0.25, -0.2) is 0 Å². The van der Waals surface area contributed by atoms with Gasteiger partial charge in [0, 0.05) is 35.6 Å². The van der Waals surface area contributed by atoms with E-state index in [0.29, 0.717) is 35.4 Å². The fraction of sp³-hybridized carbons (Fsp3) is 0.250. The van der Waals surface area contributed by atoms with Crippen molar-refractivity contribution >= 4 is 11.8 Å². The number of nitrogens with zero attached hydrogens (tertiary/aromatic N) is 2. The van der Waals surface area contributed by atoms with E-state index in [1.165, 1.54) is 0 Å². The molecule has 0 saturated heterocycles. The lowest BCUT2D eigenvalue weighted by Gasteiger charge is -2.33. The summed E-state index contributed by atoms with van der Waals surface area (Å²) in [5.74, 6) is -0.999. The van der Waals surface area contributed by atoms with E-state index >= 15 is 0 Å². The zero-order valence-electron chi connectivity index (χ0n) is 22.5. The van der Waals surface area contributed by atoms with Crippen LogP contribution >= 0.6 is 0 Å². The Morgan fingerprint density at radius 1 is 0.700 bits per heavy atom. The number of hydrogen-bond donors (Lipinski definition) is 4. The summed E-state index contributed by atoms with van der Waals surface area (Å²) in [5, 5.41) is 27.5. The van der Waals surface area contributed by atoms with E-state index in [0.717, 1.165) is 24.0 Å². The van der Waals surface area contributed by atoms with Gasteiger partial charge in [0.1, 0.15) is 11.5 Å². The molecule has 4 aromatic rings. The summed E-state index contributed by atoms with van der Waals surface area (Å²) in [5.41, 5.74) is 4.32. The Bertz CT molecular complexity index is 1420. The third-order valence-electron chi connectivity index (χ3n) is 7.41. The maximum absolute atomic E-state index is 13.4. The number of aromatic nitrogens is 2. The molecule has 2 aromatic heterocycles. The van der Waals surface area contributed by atoms with Crippen molar-refractivity contribution in [3.05, 3.63) is 95.3 Å². The number of aromatic hydroxyl groups is 2. The third kappa shape index (κ3) is 5.66. The summed E-state index contributed by atoms with van der Waals surface area (Å²) in [6, 6.07) is 17.3. The van der Waals surface area contributed by atoms with Gasteiger partial charge < -0.3 is 20.8 Å². The topological polar surface area (TPSA) is 124 Å². The van der Waals surface area contributed by atoms with E-state index in [1.807, 2.05) is 36.4 Å². The van der Waals surface area contributed by atoms with Gasteiger partial charge in [0.05, 0.1) is 22.5 Å². The Balaban J connectivity index is 1.36. The first-order chi connectivity index (χ1) is 19.3. The molecular weight excluding hydrogens is 504 g/mol. The van der Waals surface area contributed by atoms with Crippen molar-refractivity contribution in [3.63, 3.8) is 0 Å². The van der Waals surface area contributed by atoms with Crippen LogP contribution in [0.5, 0.6) is 11.5 Å². The lowest BCUT2D eigenvalue weighted by atomic mass is 9.89. The molecule has 8 nitrogen and oxygen atoms in total. The highest BCUT2D eigenvalue weighted by Crippen LogP contribution is 2.31. The van der Waals surface area contributed by atoms with Crippen LogP contribution in [0.15, 0.2) is 73.1 Å². The molecule has 0 unspecified atom stereocenters. The number of hydrogen-bond acceptors (Lipinski definition) is 6. The molecule has 1 aliphatic carbocycles. The van der Waals surface area contributed by atoms with Crippen LogP contribution in [0.2, 0.25) is 0 Å². The van der Waals surface area contributed by atoms with Crippen molar-refractivity contribution in [2.24, 2.45) is 0 Å². The number of phenols is 2. The largest absolute Gasteiger partial charge is 0.507 e. The fourth-order valence-corrected chi connectivity index (χ4v) is 5.24. The summed E-state index contributed by atoms with van der Waals surface area (Å²) in [6.07, 6.45) is 6.51. The Kier molecular flexibility index (Phi) is 7.77. The van der Waals surface area contributed by atoms with E-state index in [2.05, 4.69) is 20.6 Å². The summed E-state index contributed by atoms with van der Waals surface area (Å²) in [6.45, 7) is 3.49. The second-order valence-corrected chi connectivity index (χ2v) is 10.3. The number of phenolic OH excluding ortho intramolecular Hbond substituents is 2. The monoisotopic (exact) mass is 536 g/mol. The van der Waals surface area contributed by atoms with Gasteiger partial charge in [-0.1, -0.05) is 25.0 Å².